The van der Waals surface area contributed by atoms with Crippen LogP contribution in [0, 0.1) is 0 Å². The molecule has 22 heavy (non-hydrogen) atoms. The Morgan fingerprint density at radius 3 is 1.73 bits per heavy atom. The summed E-state index contributed by atoms with van der Waals surface area (Å²) in [4.78, 5) is 0. The second-order valence-corrected chi connectivity index (χ2v) is 6.66. The lowest BCUT2D eigenvalue weighted by atomic mass is 9.88. The van der Waals surface area contributed by atoms with E-state index in [0.29, 0.717) is 5.92 Å². The van der Waals surface area contributed by atoms with Gasteiger partial charge in [-0.05, 0) is 11.1 Å². The quantitative estimate of drug-likeness (QED) is 0.520. The summed E-state index contributed by atoms with van der Waals surface area (Å²) in [5.74, 6) is 0.531. The molecule has 0 aliphatic carbocycles. The summed E-state index contributed by atoms with van der Waals surface area (Å²) in [6.45, 7) is 4.00. The van der Waals surface area contributed by atoms with Crippen LogP contribution in [0.2, 0.25) is 0 Å². The standard InChI is InChI=1S/C20H26N.HI/c1-21(15-8-9-16-21)17-14-20(18-10-4-2-5-11-18)19-12-6-3-7-13-19;/h2-7,10-13,20H,8-9,14-17H2,1H3;1H/q+1;/p-1. The highest BCUT2D eigenvalue weighted by Gasteiger charge is 2.28. The summed E-state index contributed by atoms with van der Waals surface area (Å²) in [5.41, 5.74) is 2.91. The van der Waals surface area contributed by atoms with E-state index in [9.17, 15) is 0 Å². The summed E-state index contributed by atoms with van der Waals surface area (Å²) in [5, 5.41) is 0. The molecule has 1 heterocycles. The van der Waals surface area contributed by atoms with Gasteiger partial charge in [0.2, 0.25) is 0 Å². The molecule has 2 aromatic rings. The second kappa shape index (κ2) is 8.11. The average Bonchev–Trinajstić information content (AvgIpc) is 2.97. The van der Waals surface area contributed by atoms with Crippen LogP contribution >= 0.6 is 0 Å². The van der Waals surface area contributed by atoms with E-state index in [2.05, 4.69) is 67.7 Å². The van der Waals surface area contributed by atoms with Crippen molar-refractivity contribution in [1.29, 1.82) is 0 Å². The van der Waals surface area contributed by atoms with Crippen molar-refractivity contribution in [2.75, 3.05) is 26.7 Å². The Bertz CT molecular complexity index is 507. The Morgan fingerprint density at radius 1 is 0.818 bits per heavy atom. The van der Waals surface area contributed by atoms with Gasteiger partial charge in [0, 0.05) is 25.2 Å². The molecule has 0 radical (unpaired) electrons. The summed E-state index contributed by atoms with van der Waals surface area (Å²) >= 11 is 0. The monoisotopic (exact) mass is 407 g/mol. The number of benzene rings is 2. The molecule has 1 saturated heterocycles. The van der Waals surface area contributed by atoms with E-state index in [1.54, 1.807) is 0 Å². The Hall–Kier alpha value is -0.870. The minimum atomic E-state index is 0. The fraction of sp³-hybridized carbons (Fsp3) is 0.400. The van der Waals surface area contributed by atoms with Gasteiger partial charge < -0.3 is 28.5 Å². The third-order valence-electron chi connectivity index (χ3n) is 5.01. The molecular formula is C20H26IN. The van der Waals surface area contributed by atoms with E-state index >= 15 is 0 Å². The summed E-state index contributed by atoms with van der Waals surface area (Å²) in [7, 11) is 2.43. The van der Waals surface area contributed by atoms with Crippen LogP contribution in [0.4, 0.5) is 0 Å². The van der Waals surface area contributed by atoms with E-state index in [1.165, 1.54) is 54.5 Å². The van der Waals surface area contributed by atoms with Crippen LogP contribution in [0.25, 0.3) is 0 Å². The predicted octanol–water partition coefficient (Wildman–Crippen LogP) is 1.45. The van der Waals surface area contributed by atoms with E-state index in [1.807, 2.05) is 0 Å². The average molecular weight is 407 g/mol. The van der Waals surface area contributed by atoms with Crippen molar-refractivity contribution in [3.63, 3.8) is 0 Å². The lowest BCUT2D eigenvalue weighted by Gasteiger charge is -2.31. The number of quaternary nitrogens is 1. The summed E-state index contributed by atoms with van der Waals surface area (Å²) in [6, 6.07) is 22.0. The fourth-order valence-corrected chi connectivity index (χ4v) is 3.66. The SMILES string of the molecule is C[N+]1(CCC(c2ccccc2)c2ccccc2)CCCC1.[I-]. The second-order valence-electron chi connectivity index (χ2n) is 6.66. The smallest absolute Gasteiger partial charge is 0.0793 e. The molecule has 0 N–H and O–H groups in total. The molecule has 1 aliphatic rings. The third kappa shape index (κ3) is 4.32. The first-order valence-electron chi connectivity index (χ1n) is 8.20. The normalized spacial score (nSPS) is 16.5. The number of hydrogen-bond donors (Lipinski definition) is 0. The maximum Gasteiger partial charge on any atom is 0.0793 e. The molecule has 2 aromatic carbocycles. The zero-order valence-corrected chi connectivity index (χ0v) is 15.6. The molecule has 0 bridgehead atoms. The molecule has 0 aromatic heterocycles. The highest BCUT2D eigenvalue weighted by molar-refractivity contribution is 5.32. The Labute approximate surface area is 152 Å². The van der Waals surface area contributed by atoms with Crippen LogP contribution < -0.4 is 24.0 Å². The number of hydrogen-bond acceptors (Lipinski definition) is 0. The van der Waals surface area contributed by atoms with E-state index in [-0.39, 0.29) is 24.0 Å². The highest BCUT2D eigenvalue weighted by atomic mass is 127. The maximum atomic E-state index is 2.43. The summed E-state index contributed by atoms with van der Waals surface area (Å²) < 4.78 is 1.26. The van der Waals surface area contributed by atoms with Crippen molar-refractivity contribution in [2.45, 2.75) is 25.2 Å². The van der Waals surface area contributed by atoms with Gasteiger partial charge in [-0.2, -0.15) is 0 Å². The van der Waals surface area contributed by atoms with Gasteiger partial charge in [-0.1, -0.05) is 60.7 Å². The fourth-order valence-electron chi connectivity index (χ4n) is 3.66. The molecule has 2 heteroatoms. The van der Waals surface area contributed by atoms with Crippen LogP contribution in [0.5, 0.6) is 0 Å². The predicted molar refractivity (Wildman–Crippen MR) is 89.4 cm³/mol. The maximum absolute atomic E-state index is 2.43. The number of rotatable bonds is 5. The van der Waals surface area contributed by atoms with Crippen molar-refractivity contribution >= 4 is 0 Å². The van der Waals surface area contributed by atoms with E-state index < -0.39 is 0 Å². The first-order valence-corrected chi connectivity index (χ1v) is 8.20. The third-order valence-corrected chi connectivity index (χ3v) is 5.01. The molecule has 0 spiro atoms. The molecule has 1 fully saturated rings. The molecule has 0 unspecified atom stereocenters. The molecule has 0 saturated carbocycles. The zero-order chi connectivity index (χ0) is 14.5. The van der Waals surface area contributed by atoms with Crippen LogP contribution in [0.15, 0.2) is 60.7 Å². The minimum absolute atomic E-state index is 0. The van der Waals surface area contributed by atoms with Gasteiger partial charge in [-0.15, -0.1) is 0 Å². The molecule has 3 rings (SSSR count). The lowest BCUT2D eigenvalue weighted by Crippen LogP contribution is -3.00. The molecule has 1 aliphatic heterocycles. The molecule has 0 atom stereocenters. The minimum Gasteiger partial charge on any atom is -1.00 e. The van der Waals surface area contributed by atoms with E-state index in [0.717, 1.165) is 0 Å². The van der Waals surface area contributed by atoms with E-state index in [4.69, 9.17) is 0 Å². The van der Waals surface area contributed by atoms with Crippen molar-refractivity contribution in [2.24, 2.45) is 0 Å². The summed E-state index contributed by atoms with van der Waals surface area (Å²) in [6.07, 6.45) is 4.04. The topological polar surface area (TPSA) is 0 Å². The van der Waals surface area contributed by atoms with Crippen molar-refractivity contribution < 1.29 is 28.5 Å². The Balaban J connectivity index is 0.00000176. The first-order chi connectivity index (χ1) is 10.3. The van der Waals surface area contributed by atoms with Gasteiger partial charge in [0.1, 0.15) is 0 Å². The van der Waals surface area contributed by atoms with Gasteiger partial charge in [0.15, 0.2) is 0 Å². The van der Waals surface area contributed by atoms with Gasteiger partial charge in [-0.3, -0.25) is 0 Å². The van der Waals surface area contributed by atoms with Gasteiger partial charge >= 0.3 is 0 Å². The van der Waals surface area contributed by atoms with Crippen molar-refractivity contribution in [3.05, 3.63) is 71.8 Å². The molecule has 118 valence electrons. The van der Waals surface area contributed by atoms with Crippen molar-refractivity contribution in [3.8, 4) is 0 Å². The van der Waals surface area contributed by atoms with Crippen molar-refractivity contribution in [1.82, 2.24) is 0 Å². The number of nitrogens with zero attached hydrogens (tertiary/aromatic N) is 1. The molecule has 0 amide bonds. The van der Waals surface area contributed by atoms with Gasteiger partial charge in [0.05, 0.1) is 26.7 Å². The lowest BCUT2D eigenvalue weighted by molar-refractivity contribution is -0.897. The number of halogens is 1. The van der Waals surface area contributed by atoms with Gasteiger partial charge in [-0.25, -0.2) is 0 Å². The van der Waals surface area contributed by atoms with Gasteiger partial charge in [0.25, 0.3) is 0 Å². The Kier molecular flexibility index (Phi) is 6.45. The highest BCUT2D eigenvalue weighted by Crippen LogP contribution is 2.30. The van der Waals surface area contributed by atoms with Crippen LogP contribution in [-0.4, -0.2) is 31.2 Å². The molecular weight excluding hydrogens is 381 g/mol. The largest absolute Gasteiger partial charge is 1.00 e. The zero-order valence-electron chi connectivity index (χ0n) is 13.4. The molecule has 1 nitrogen and oxygen atoms in total. The number of likely N-dealkylation sites (tertiary alicyclic amines) is 1. The van der Waals surface area contributed by atoms with Crippen LogP contribution in [-0.2, 0) is 0 Å². The first kappa shape index (κ1) is 17.5. The van der Waals surface area contributed by atoms with Crippen LogP contribution in [0.1, 0.15) is 36.3 Å². The Morgan fingerprint density at radius 2 is 1.27 bits per heavy atom. The van der Waals surface area contributed by atoms with Crippen LogP contribution in [0.3, 0.4) is 0 Å².